The van der Waals surface area contributed by atoms with Gasteiger partial charge in [-0.15, -0.1) is 0 Å². The van der Waals surface area contributed by atoms with Gasteiger partial charge in [0.25, 0.3) is 0 Å². The molecule has 21 heavy (non-hydrogen) atoms. The monoisotopic (exact) mass is 287 g/mol. The van der Waals surface area contributed by atoms with Gasteiger partial charge in [0.2, 0.25) is 0 Å². The van der Waals surface area contributed by atoms with Gasteiger partial charge in [-0.3, -0.25) is 4.68 Å². The molecule has 0 saturated carbocycles. The zero-order valence-electron chi connectivity index (χ0n) is 12.3. The van der Waals surface area contributed by atoms with Crippen LogP contribution in [0.3, 0.4) is 0 Å². The Bertz CT molecular complexity index is 575. The molecule has 0 radical (unpaired) electrons. The minimum atomic E-state index is 0.432. The summed E-state index contributed by atoms with van der Waals surface area (Å²) >= 11 is 0. The van der Waals surface area contributed by atoms with Gasteiger partial charge < -0.3 is 15.0 Å². The Morgan fingerprint density at radius 1 is 1.29 bits per heavy atom. The molecule has 3 rings (SSSR count). The Kier molecular flexibility index (Phi) is 4.35. The van der Waals surface area contributed by atoms with E-state index in [1.807, 2.05) is 19.2 Å². The van der Waals surface area contributed by atoms with Crippen molar-refractivity contribution in [3.63, 3.8) is 0 Å². The maximum Gasteiger partial charge on any atom is 0.164 e. The van der Waals surface area contributed by atoms with Gasteiger partial charge in [0.05, 0.1) is 0 Å². The predicted octanol–water partition coefficient (Wildman–Crippen LogP) is 1.19. The molecular formula is C15H21N5O. The summed E-state index contributed by atoms with van der Waals surface area (Å²) in [4.78, 5) is 6.56. The summed E-state index contributed by atoms with van der Waals surface area (Å²) in [5.74, 6) is 1.69. The van der Waals surface area contributed by atoms with Crippen molar-refractivity contribution in [2.45, 2.75) is 13.0 Å². The summed E-state index contributed by atoms with van der Waals surface area (Å²) in [6, 6.07) is 8.26. The van der Waals surface area contributed by atoms with Gasteiger partial charge in [-0.05, 0) is 25.1 Å². The van der Waals surface area contributed by atoms with Crippen molar-refractivity contribution in [2.75, 3.05) is 31.1 Å². The zero-order valence-corrected chi connectivity index (χ0v) is 12.3. The van der Waals surface area contributed by atoms with Crippen LogP contribution >= 0.6 is 0 Å². The molecule has 1 N–H and O–H groups in total. The number of aromatic nitrogens is 3. The van der Waals surface area contributed by atoms with E-state index in [4.69, 9.17) is 4.74 Å². The lowest BCUT2D eigenvalue weighted by molar-refractivity contribution is 0.290. The van der Waals surface area contributed by atoms with E-state index in [-0.39, 0.29) is 0 Å². The number of nitrogens with zero attached hydrogens (tertiary/aromatic N) is 4. The van der Waals surface area contributed by atoms with Crippen molar-refractivity contribution < 1.29 is 4.74 Å². The highest BCUT2D eigenvalue weighted by Gasteiger charge is 2.10. The predicted molar refractivity (Wildman–Crippen MR) is 81.5 cm³/mol. The summed E-state index contributed by atoms with van der Waals surface area (Å²) in [6.07, 6.45) is 2.71. The molecule has 1 aliphatic heterocycles. The molecule has 1 saturated heterocycles. The van der Waals surface area contributed by atoms with E-state index in [9.17, 15) is 0 Å². The molecule has 112 valence electrons. The standard InChI is InChI=1S/C15H21N5O/c1-19-15(17-12-18-19)11-21-14-5-2-4-13(10-14)20-8-3-6-16-7-9-20/h2,4-5,10,12,16H,3,6-9,11H2,1H3. The van der Waals surface area contributed by atoms with Crippen molar-refractivity contribution in [1.82, 2.24) is 20.1 Å². The summed E-state index contributed by atoms with van der Waals surface area (Å²) in [5, 5.41) is 7.46. The first-order valence-corrected chi connectivity index (χ1v) is 7.34. The van der Waals surface area contributed by atoms with Crippen LogP contribution in [0.5, 0.6) is 5.75 Å². The van der Waals surface area contributed by atoms with Gasteiger partial charge in [0, 0.05) is 38.4 Å². The van der Waals surface area contributed by atoms with Crippen LogP contribution in [-0.4, -0.2) is 40.9 Å². The molecule has 6 heteroatoms. The Hall–Kier alpha value is -2.08. The lowest BCUT2D eigenvalue weighted by Crippen LogP contribution is -2.27. The van der Waals surface area contributed by atoms with Gasteiger partial charge in [0.1, 0.15) is 18.7 Å². The van der Waals surface area contributed by atoms with E-state index in [0.717, 1.165) is 37.8 Å². The van der Waals surface area contributed by atoms with Crippen LogP contribution in [0.1, 0.15) is 12.2 Å². The van der Waals surface area contributed by atoms with Crippen LogP contribution in [0.4, 0.5) is 5.69 Å². The van der Waals surface area contributed by atoms with Crippen LogP contribution in [0.25, 0.3) is 0 Å². The number of anilines is 1. The number of nitrogens with one attached hydrogen (secondary N) is 1. The van der Waals surface area contributed by atoms with Crippen molar-refractivity contribution in [3.05, 3.63) is 36.4 Å². The van der Waals surface area contributed by atoms with Gasteiger partial charge in [0.15, 0.2) is 5.82 Å². The average molecular weight is 287 g/mol. The molecule has 1 aliphatic rings. The SMILES string of the molecule is Cn1ncnc1COc1cccc(N2CCCNCC2)c1. The maximum atomic E-state index is 5.83. The van der Waals surface area contributed by atoms with Crippen molar-refractivity contribution >= 4 is 5.69 Å². The molecule has 6 nitrogen and oxygen atoms in total. The third-order valence-electron chi connectivity index (χ3n) is 3.70. The second-order valence-electron chi connectivity index (χ2n) is 5.18. The molecule has 2 aromatic rings. The first kappa shape index (κ1) is 13.9. The molecule has 0 amide bonds. The van der Waals surface area contributed by atoms with Gasteiger partial charge in [-0.1, -0.05) is 6.07 Å². The third kappa shape index (κ3) is 3.52. The highest BCUT2D eigenvalue weighted by molar-refractivity contribution is 5.50. The minimum Gasteiger partial charge on any atom is -0.486 e. The number of rotatable bonds is 4. The molecule has 2 heterocycles. The summed E-state index contributed by atoms with van der Waals surface area (Å²) in [5.41, 5.74) is 1.22. The Morgan fingerprint density at radius 2 is 2.24 bits per heavy atom. The Labute approximate surface area is 124 Å². The number of hydrogen-bond donors (Lipinski definition) is 1. The highest BCUT2D eigenvalue weighted by atomic mass is 16.5. The summed E-state index contributed by atoms with van der Waals surface area (Å²) < 4.78 is 7.55. The van der Waals surface area contributed by atoms with Crippen LogP contribution in [0.15, 0.2) is 30.6 Å². The summed E-state index contributed by atoms with van der Waals surface area (Å²) in [6.45, 7) is 4.68. The Balaban J connectivity index is 1.66. The van der Waals surface area contributed by atoms with Crippen LogP contribution in [-0.2, 0) is 13.7 Å². The van der Waals surface area contributed by atoms with Gasteiger partial charge >= 0.3 is 0 Å². The van der Waals surface area contributed by atoms with Crippen molar-refractivity contribution in [3.8, 4) is 5.75 Å². The second-order valence-corrected chi connectivity index (χ2v) is 5.18. The number of hydrogen-bond acceptors (Lipinski definition) is 5. The molecule has 1 fully saturated rings. The molecule has 0 unspecified atom stereocenters. The molecule has 0 spiro atoms. The zero-order chi connectivity index (χ0) is 14.5. The molecule has 0 bridgehead atoms. The number of benzene rings is 1. The van der Waals surface area contributed by atoms with Crippen LogP contribution in [0.2, 0.25) is 0 Å². The lowest BCUT2D eigenvalue weighted by Gasteiger charge is -2.22. The fourth-order valence-corrected chi connectivity index (χ4v) is 2.47. The fraction of sp³-hybridized carbons (Fsp3) is 0.467. The minimum absolute atomic E-state index is 0.432. The van der Waals surface area contributed by atoms with E-state index < -0.39 is 0 Å². The van der Waals surface area contributed by atoms with E-state index in [0.29, 0.717) is 6.61 Å². The third-order valence-corrected chi connectivity index (χ3v) is 3.70. The fourth-order valence-electron chi connectivity index (χ4n) is 2.47. The molecule has 0 aliphatic carbocycles. The average Bonchev–Trinajstić information content (AvgIpc) is 2.77. The summed E-state index contributed by atoms with van der Waals surface area (Å²) in [7, 11) is 1.87. The van der Waals surface area contributed by atoms with Gasteiger partial charge in [-0.25, -0.2) is 4.98 Å². The van der Waals surface area contributed by atoms with E-state index in [2.05, 4.69) is 32.4 Å². The smallest absolute Gasteiger partial charge is 0.164 e. The molecule has 1 aromatic carbocycles. The molecular weight excluding hydrogens is 266 g/mol. The first-order valence-electron chi connectivity index (χ1n) is 7.34. The number of ether oxygens (including phenoxy) is 1. The van der Waals surface area contributed by atoms with Crippen molar-refractivity contribution in [1.29, 1.82) is 0 Å². The van der Waals surface area contributed by atoms with E-state index in [1.165, 1.54) is 12.1 Å². The van der Waals surface area contributed by atoms with E-state index >= 15 is 0 Å². The first-order chi connectivity index (χ1) is 10.3. The normalized spacial score (nSPS) is 15.8. The largest absolute Gasteiger partial charge is 0.486 e. The van der Waals surface area contributed by atoms with E-state index in [1.54, 1.807) is 11.0 Å². The second kappa shape index (κ2) is 6.58. The Morgan fingerprint density at radius 3 is 3.10 bits per heavy atom. The highest BCUT2D eigenvalue weighted by Crippen LogP contribution is 2.22. The topological polar surface area (TPSA) is 55.2 Å². The molecule has 0 atom stereocenters. The number of aryl methyl sites for hydroxylation is 1. The lowest BCUT2D eigenvalue weighted by atomic mass is 10.2. The molecule has 1 aromatic heterocycles. The van der Waals surface area contributed by atoms with Crippen molar-refractivity contribution in [2.24, 2.45) is 7.05 Å². The van der Waals surface area contributed by atoms with Gasteiger partial charge in [-0.2, -0.15) is 5.10 Å². The maximum absolute atomic E-state index is 5.83. The van der Waals surface area contributed by atoms with Crippen LogP contribution < -0.4 is 15.0 Å². The van der Waals surface area contributed by atoms with Crippen LogP contribution in [0, 0.1) is 0 Å². The quantitative estimate of drug-likeness (QED) is 0.915.